The van der Waals surface area contributed by atoms with Gasteiger partial charge in [-0.3, -0.25) is 20.4 Å². The number of halogens is 1. The zero-order valence-corrected chi connectivity index (χ0v) is 11.7. The van der Waals surface area contributed by atoms with Gasteiger partial charge in [0.05, 0.1) is 11.8 Å². The Kier molecular flexibility index (Phi) is 4.10. The van der Waals surface area contributed by atoms with Gasteiger partial charge in [-0.25, -0.2) is 0 Å². The molecule has 104 valence electrons. The molecule has 5 nitrogen and oxygen atoms in total. The predicted octanol–water partition coefficient (Wildman–Crippen LogP) is 2.62. The summed E-state index contributed by atoms with van der Waals surface area (Å²) < 4.78 is 5.01. The topological polar surface area (TPSA) is 71.3 Å². The van der Waals surface area contributed by atoms with Crippen LogP contribution >= 0.6 is 11.6 Å². The van der Waals surface area contributed by atoms with Gasteiger partial charge in [0, 0.05) is 10.6 Å². The summed E-state index contributed by atoms with van der Waals surface area (Å²) in [6, 6.07) is 6.44. The number of carbonyl (C=O) groups is 2. The van der Waals surface area contributed by atoms with Gasteiger partial charge in [-0.15, -0.1) is 0 Å². The quantitative estimate of drug-likeness (QED) is 0.836. The summed E-state index contributed by atoms with van der Waals surface area (Å²) in [6.07, 6.45) is 1.41. The molecule has 0 saturated carbocycles. The van der Waals surface area contributed by atoms with Crippen molar-refractivity contribution in [2.24, 2.45) is 0 Å². The molecule has 0 fully saturated rings. The Labute approximate surface area is 120 Å². The molecule has 0 aliphatic carbocycles. The fourth-order valence-electron chi connectivity index (χ4n) is 1.61. The summed E-state index contributed by atoms with van der Waals surface area (Å²) in [5.41, 5.74) is 6.25. The van der Waals surface area contributed by atoms with Gasteiger partial charge in [0.2, 0.25) is 0 Å². The monoisotopic (exact) mass is 292 g/mol. The molecule has 0 radical (unpaired) electrons. The van der Waals surface area contributed by atoms with E-state index in [1.54, 1.807) is 25.1 Å². The zero-order valence-electron chi connectivity index (χ0n) is 11.0. The largest absolute Gasteiger partial charge is 0.469 e. The van der Waals surface area contributed by atoms with Crippen LogP contribution in [0.15, 0.2) is 34.9 Å². The van der Waals surface area contributed by atoms with Crippen molar-refractivity contribution < 1.29 is 14.0 Å². The van der Waals surface area contributed by atoms with Crippen molar-refractivity contribution in [3.8, 4) is 0 Å². The normalized spacial score (nSPS) is 10.2. The molecular formula is C14H13ClN2O3. The Balaban J connectivity index is 2.00. The van der Waals surface area contributed by atoms with Crippen LogP contribution in [0.3, 0.4) is 0 Å². The van der Waals surface area contributed by atoms with Crippen molar-refractivity contribution in [1.29, 1.82) is 0 Å². The van der Waals surface area contributed by atoms with E-state index in [9.17, 15) is 9.59 Å². The van der Waals surface area contributed by atoms with Crippen molar-refractivity contribution in [1.82, 2.24) is 10.9 Å². The van der Waals surface area contributed by atoms with Crippen molar-refractivity contribution in [3.05, 3.63) is 58.0 Å². The van der Waals surface area contributed by atoms with E-state index in [4.69, 9.17) is 16.0 Å². The molecule has 1 aromatic heterocycles. The van der Waals surface area contributed by atoms with Gasteiger partial charge in [0.15, 0.2) is 0 Å². The number of nitrogens with one attached hydrogen (secondary N) is 2. The second-order valence-electron chi connectivity index (χ2n) is 4.26. The summed E-state index contributed by atoms with van der Waals surface area (Å²) in [4.78, 5) is 23.6. The molecule has 2 amide bonds. The average Bonchev–Trinajstić information content (AvgIpc) is 2.85. The number of carbonyl (C=O) groups excluding carboxylic acids is 2. The van der Waals surface area contributed by atoms with E-state index < -0.39 is 11.8 Å². The molecule has 0 atom stereocenters. The summed E-state index contributed by atoms with van der Waals surface area (Å²) in [5, 5.41) is 0.495. The SMILES string of the molecule is Cc1ccc(C(=O)NNC(=O)c2ccoc2C)cc1Cl. The van der Waals surface area contributed by atoms with Crippen LogP contribution in [0.4, 0.5) is 0 Å². The molecule has 0 bridgehead atoms. The highest BCUT2D eigenvalue weighted by atomic mass is 35.5. The van der Waals surface area contributed by atoms with E-state index in [0.717, 1.165) is 5.56 Å². The van der Waals surface area contributed by atoms with Crippen LogP contribution in [0.5, 0.6) is 0 Å². The third-order valence-electron chi connectivity index (χ3n) is 2.83. The van der Waals surface area contributed by atoms with Crippen LogP contribution in [0.1, 0.15) is 32.0 Å². The highest BCUT2D eigenvalue weighted by Crippen LogP contribution is 2.16. The van der Waals surface area contributed by atoms with Gasteiger partial charge in [0.1, 0.15) is 5.76 Å². The highest BCUT2D eigenvalue weighted by Gasteiger charge is 2.13. The van der Waals surface area contributed by atoms with E-state index in [1.807, 2.05) is 6.92 Å². The van der Waals surface area contributed by atoms with Crippen molar-refractivity contribution in [2.45, 2.75) is 13.8 Å². The van der Waals surface area contributed by atoms with Crippen LogP contribution in [0, 0.1) is 13.8 Å². The minimum Gasteiger partial charge on any atom is -0.469 e. The van der Waals surface area contributed by atoms with Crippen molar-refractivity contribution in [2.75, 3.05) is 0 Å². The minimum atomic E-state index is -0.443. The second-order valence-corrected chi connectivity index (χ2v) is 4.67. The van der Waals surface area contributed by atoms with Crippen LogP contribution in [-0.2, 0) is 0 Å². The molecule has 6 heteroatoms. The first-order valence-electron chi connectivity index (χ1n) is 5.90. The van der Waals surface area contributed by atoms with Crippen LogP contribution < -0.4 is 10.9 Å². The highest BCUT2D eigenvalue weighted by molar-refractivity contribution is 6.31. The minimum absolute atomic E-state index is 0.366. The van der Waals surface area contributed by atoms with E-state index >= 15 is 0 Å². The fourth-order valence-corrected chi connectivity index (χ4v) is 1.79. The molecule has 0 unspecified atom stereocenters. The summed E-state index contributed by atoms with van der Waals surface area (Å²) in [5.74, 6) is -0.403. The average molecular weight is 293 g/mol. The number of amides is 2. The van der Waals surface area contributed by atoms with Crippen LogP contribution in [0.2, 0.25) is 5.02 Å². The third-order valence-corrected chi connectivity index (χ3v) is 3.23. The van der Waals surface area contributed by atoms with Gasteiger partial charge in [-0.05, 0) is 37.6 Å². The van der Waals surface area contributed by atoms with Gasteiger partial charge in [0.25, 0.3) is 11.8 Å². The van der Waals surface area contributed by atoms with Crippen molar-refractivity contribution >= 4 is 23.4 Å². The lowest BCUT2D eigenvalue weighted by atomic mass is 10.1. The standard InChI is InChI=1S/C14H13ClN2O3/c1-8-3-4-10(7-12(8)15)13(18)16-17-14(19)11-5-6-20-9(11)2/h3-7H,1-2H3,(H,16,18)(H,17,19). The van der Waals surface area contributed by atoms with Gasteiger partial charge in [-0.2, -0.15) is 0 Å². The summed E-state index contributed by atoms with van der Waals surface area (Å²) in [7, 11) is 0. The van der Waals surface area contributed by atoms with E-state index in [-0.39, 0.29) is 0 Å². The number of hydrazine groups is 1. The van der Waals surface area contributed by atoms with E-state index in [0.29, 0.717) is 21.9 Å². The number of aryl methyl sites for hydroxylation is 2. The molecule has 2 rings (SSSR count). The Morgan fingerprint density at radius 3 is 2.40 bits per heavy atom. The molecule has 0 aliphatic heterocycles. The third kappa shape index (κ3) is 3.00. The number of rotatable bonds is 2. The van der Waals surface area contributed by atoms with Gasteiger partial charge in [-0.1, -0.05) is 17.7 Å². The number of furan rings is 1. The number of hydrogen-bond donors (Lipinski definition) is 2. The molecule has 20 heavy (non-hydrogen) atoms. The molecular weight excluding hydrogens is 280 g/mol. The first kappa shape index (κ1) is 14.1. The number of hydrogen-bond acceptors (Lipinski definition) is 3. The van der Waals surface area contributed by atoms with Gasteiger partial charge < -0.3 is 4.42 Å². The van der Waals surface area contributed by atoms with E-state index in [2.05, 4.69) is 10.9 Å². The molecule has 2 aromatic rings. The molecule has 1 heterocycles. The maximum absolute atomic E-state index is 11.9. The lowest BCUT2D eigenvalue weighted by Gasteiger charge is -2.07. The maximum atomic E-state index is 11.9. The van der Waals surface area contributed by atoms with E-state index in [1.165, 1.54) is 12.3 Å². The first-order chi connectivity index (χ1) is 9.49. The van der Waals surface area contributed by atoms with Gasteiger partial charge >= 0.3 is 0 Å². The molecule has 0 spiro atoms. The van der Waals surface area contributed by atoms with Crippen LogP contribution in [0.25, 0.3) is 0 Å². The van der Waals surface area contributed by atoms with Crippen molar-refractivity contribution in [3.63, 3.8) is 0 Å². The Morgan fingerprint density at radius 1 is 1.10 bits per heavy atom. The smallest absolute Gasteiger partial charge is 0.273 e. The fraction of sp³-hybridized carbons (Fsp3) is 0.143. The first-order valence-corrected chi connectivity index (χ1v) is 6.28. The lowest BCUT2D eigenvalue weighted by Crippen LogP contribution is -2.41. The molecule has 0 aliphatic rings. The molecule has 2 N–H and O–H groups in total. The summed E-state index contributed by atoms with van der Waals surface area (Å²) in [6.45, 7) is 3.50. The number of benzene rings is 1. The molecule has 1 aromatic carbocycles. The second kappa shape index (κ2) is 5.79. The lowest BCUT2D eigenvalue weighted by molar-refractivity contribution is 0.0845. The van der Waals surface area contributed by atoms with Crippen LogP contribution in [-0.4, -0.2) is 11.8 Å². The maximum Gasteiger partial charge on any atom is 0.273 e. The summed E-state index contributed by atoms with van der Waals surface area (Å²) >= 11 is 5.94. The zero-order chi connectivity index (χ0) is 14.7. The molecule has 0 saturated heterocycles. The predicted molar refractivity (Wildman–Crippen MR) is 74.6 cm³/mol. The Hall–Kier alpha value is -2.27. The Bertz CT molecular complexity index is 664. The Morgan fingerprint density at radius 2 is 1.80 bits per heavy atom.